The monoisotopic (exact) mass is 493 g/mol. The summed E-state index contributed by atoms with van der Waals surface area (Å²) >= 11 is 3.41. The molecule has 164 valence electrons. The van der Waals surface area contributed by atoms with Crippen molar-refractivity contribution in [2.75, 3.05) is 0 Å². The van der Waals surface area contributed by atoms with Crippen molar-refractivity contribution in [3.05, 3.63) is 94.2 Å². The zero-order valence-electron chi connectivity index (χ0n) is 18.2. The third-order valence-corrected chi connectivity index (χ3v) is 5.56. The van der Waals surface area contributed by atoms with E-state index in [1.165, 1.54) is 9.58 Å². The van der Waals surface area contributed by atoms with Gasteiger partial charge < -0.3 is 4.74 Å². The van der Waals surface area contributed by atoms with Gasteiger partial charge in [-0.25, -0.2) is 9.80 Å². The number of benzene rings is 2. The van der Waals surface area contributed by atoms with Crippen LogP contribution in [0.5, 0.6) is 0 Å². The lowest BCUT2D eigenvalue weighted by Gasteiger charge is -2.22. The van der Waals surface area contributed by atoms with Crippen LogP contribution < -0.4 is 0 Å². The van der Waals surface area contributed by atoms with E-state index in [0.29, 0.717) is 23.4 Å². The van der Waals surface area contributed by atoms with E-state index < -0.39 is 11.7 Å². The molecule has 7 heteroatoms. The lowest BCUT2D eigenvalue weighted by molar-refractivity contribution is 0.0536. The zero-order valence-corrected chi connectivity index (χ0v) is 19.7. The molecule has 32 heavy (non-hydrogen) atoms. The summed E-state index contributed by atoms with van der Waals surface area (Å²) in [5, 5.41) is 6.20. The van der Waals surface area contributed by atoms with E-state index in [0.717, 1.165) is 10.0 Å². The normalized spacial score (nSPS) is 16.1. The number of rotatable bonds is 3. The van der Waals surface area contributed by atoms with Crippen molar-refractivity contribution in [3.63, 3.8) is 0 Å². The number of hydrogen-bond acceptors (Lipinski definition) is 4. The Bertz CT molecular complexity index is 1160. The van der Waals surface area contributed by atoms with Crippen LogP contribution in [0.3, 0.4) is 0 Å². The maximum atomic E-state index is 13.4. The van der Waals surface area contributed by atoms with E-state index in [4.69, 9.17) is 4.74 Å². The average Bonchev–Trinajstić information content (AvgIpc) is 3.40. The number of carbonyl (C=O) groups excluding carboxylic acids is 2. The minimum atomic E-state index is -0.619. The minimum Gasteiger partial charge on any atom is -0.443 e. The van der Waals surface area contributed by atoms with Crippen molar-refractivity contribution in [1.82, 2.24) is 9.58 Å². The predicted octanol–water partition coefficient (Wildman–Crippen LogP) is 6.03. The summed E-state index contributed by atoms with van der Waals surface area (Å²) in [5.74, 6) is -0.197. The molecule has 1 atom stereocenters. The van der Waals surface area contributed by atoms with Gasteiger partial charge in [0.15, 0.2) is 0 Å². The molecule has 1 aromatic heterocycles. The van der Waals surface area contributed by atoms with Crippen LogP contribution in [0, 0.1) is 0 Å². The standard InChI is InChI=1S/C25H24BrN3O3/c1-25(2,3)32-24(31)28-15-7-10-21(28)20-16-22(17-8-5-4-6-9-17)29(27-20)23(30)18-11-13-19(26)14-12-18/h4-15,22H,16H2,1-3H3. The third-order valence-electron chi connectivity index (χ3n) is 5.03. The maximum Gasteiger partial charge on any atom is 0.419 e. The second-order valence-corrected chi connectivity index (χ2v) is 9.49. The van der Waals surface area contributed by atoms with Crippen molar-refractivity contribution in [2.45, 2.75) is 38.8 Å². The van der Waals surface area contributed by atoms with Crippen LogP contribution in [0.4, 0.5) is 4.79 Å². The summed E-state index contributed by atoms with van der Waals surface area (Å²) in [6.07, 6.45) is 1.66. The maximum absolute atomic E-state index is 13.4. The lowest BCUT2D eigenvalue weighted by atomic mass is 10.00. The molecule has 1 aliphatic heterocycles. The van der Waals surface area contributed by atoms with Gasteiger partial charge in [0.1, 0.15) is 5.60 Å². The van der Waals surface area contributed by atoms with Gasteiger partial charge in [-0.15, -0.1) is 0 Å². The van der Waals surface area contributed by atoms with Gasteiger partial charge in [0, 0.05) is 22.7 Å². The molecule has 0 fully saturated rings. The van der Waals surface area contributed by atoms with Crippen LogP contribution in [-0.2, 0) is 4.74 Å². The second-order valence-electron chi connectivity index (χ2n) is 8.58. The SMILES string of the molecule is CC(C)(C)OC(=O)n1cccc1C1=NN(C(=O)c2ccc(Br)cc2)C(c2ccccc2)C1. The number of ether oxygens (including phenoxy) is 1. The van der Waals surface area contributed by atoms with Gasteiger partial charge in [-0.3, -0.25) is 9.36 Å². The van der Waals surface area contributed by atoms with Crippen LogP contribution in [0.2, 0.25) is 0 Å². The first kappa shape index (κ1) is 22.0. The average molecular weight is 494 g/mol. The van der Waals surface area contributed by atoms with Gasteiger partial charge in [-0.2, -0.15) is 5.10 Å². The lowest BCUT2D eigenvalue weighted by Crippen LogP contribution is -2.28. The third kappa shape index (κ3) is 4.67. The van der Waals surface area contributed by atoms with Crippen LogP contribution in [0.15, 0.2) is 82.5 Å². The number of carbonyl (C=O) groups is 2. The Kier molecular flexibility index (Phi) is 6.02. The molecule has 0 saturated heterocycles. The number of amides is 1. The second kappa shape index (κ2) is 8.74. The molecule has 0 aliphatic carbocycles. The predicted molar refractivity (Wildman–Crippen MR) is 127 cm³/mol. The van der Waals surface area contributed by atoms with Crippen molar-refractivity contribution < 1.29 is 14.3 Å². The highest BCUT2D eigenvalue weighted by Crippen LogP contribution is 2.34. The van der Waals surface area contributed by atoms with E-state index in [2.05, 4.69) is 21.0 Å². The highest BCUT2D eigenvalue weighted by atomic mass is 79.9. The van der Waals surface area contributed by atoms with Crippen LogP contribution in [-0.4, -0.2) is 32.9 Å². The molecule has 2 heterocycles. The minimum absolute atomic E-state index is 0.197. The summed E-state index contributed by atoms with van der Waals surface area (Å²) in [4.78, 5) is 26.1. The van der Waals surface area contributed by atoms with Gasteiger partial charge in [-0.05, 0) is 62.7 Å². The number of halogens is 1. The molecular formula is C25H24BrN3O3. The Labute approximate surface area is 195 Å². The molecule has 0 N–H and O–H groups in total. The summed E-state index contributed by atoms with van der Waals surface area (Å²) in [6.45, 7) is 5.47. The van der Waals surface area contributed by atoms with Crippen molar-refractivity contribution in [3.8, 4) is 0 Å². The fourth-order valence-corrected chi connectivity index (χ4v) is 3.86. The summed E-state index contributed by atoms with van der Waals surface area (Å²) in [5.41, 5.74) is 2.17. The van der Waals surface area contributed by atoms with Gasteiger partial charge in [0.2, 0.25) is 0 Å². The number of hydrazone groups is 1. The molecule has 0 radical (unpaired) electrons. The van der Waals surface area contributed by atoms with E-state index in [1.54, 1.807) is 24.4 Å². The highest BCUT2D eigenvalue weighted by molar-refractivity contribution is 9.10. The molecule has 0 saturated carbocycles. The zero-order chi connectivity index (χ0) is 22.9. The molecule has 1 unspecified atom stereocenters. The van der Waals surface area contributed by atoms with E-state index in [1.807, 2.05) is 69.3 Å². The first-order valence-corrected chi connectivity index (χ1v) is 11.1. The fraction of sp³-hybridized carbons (Fsp3) is 0.240. The van der Waals surface area contributed by atoms with Crippen molar-refractivity contribution >= 4 is 33.6 Å². The van der Waals surface area contributed by atoms with Gasteiger partial charge in [0.25, 0.3) is 5.91 Å². The smallest absolute Gasteiger partial charge is 0.419 e. The van der Waals surface area contributed by atoms with Gasteiger partial charge in [0.05, 0.1) is 17.4 Å². The van der Waals surface area contributed by atoms with Gasteiger partial charge >= 0.3 is 6.09 Å². The van der Waals surface area contributed by atoms with Crippen molar-refractivity contribution in [2.24, 2.45) is 5.10 Å². The topological polar surface area (TPSA) is 63.9 Å². The number of nitrogens with zero attached hydrogens (tertiary/aromatic N) is 3. The van der Waals surface area contributed by atoms with Gasteiger partial charge in [-0.1, -0.05) is 46.3 Å². The molecule has 2 aromatic carbocycles. The molecule has 4 rings (SSSR count). The largest absolute Gasteiger partial charge is 0.443 e. The van der Waals surface area contributed by atoms with Crippen LogP contribution in [0.25, 0.3) is 0 Å². The molecule has 1 aliphatic rings. The Morgan fingerprint density at radius 2 is 1.69 bits per heavy atom. The Balaban J connectivity index is 1.71. The van der Waals surface area contributed by atoms with E-state index in [-0.39, 0.29) is 11.9 Å². The number of hydrogen-bond donors (Lipinski definition) is 0. The number of aromatic nitrogens is 1. The van der Waals surface area contributed by atoms with Crippen molar-refractivity contribution in [1.29, 1.82) is 0 Å². The molecule has 0 bridgehead atoms. The Morgan fingerprint density at radius 3 is 2.34 bits per heavy atom. The van der Waals surface area contributed by atoms with E-state index in [9.17, 15) is 9.59 Å². The summed E-state index contributed by atoms with van der Waals surface area (Å²) < 4.78 is 7.87. The Hall–Kier alpha value is -3.19. The first-order valence-electron chi connectivity index (χ1n) is 10.4. The quantitative estimate of drug-likeness (QED) is 0.447. The highest BCUT2D eigenvalue weighted by Gasteiger charge is 2.35. The summed E-state index contributed by atoms with van der Waals surface area (Å²) in [6, 6.07) is 20.3. The van der Waals surface area contributed by atoms with Crippen LogP contribution in [0.1, 0.15) is 54.8 Å². The Morgan fingerprint density at radius 1 is 1.00 bits per heavy atom. The summed E-state index contributed by atoms with van der Waals surface area (Å²) in [7, 11) is 0. The molecular weight excluding hydrogens is 470 g/mol. The molecule has 3 aromatic rings. The molecule has 0 spiro atoms. The van der Waals surface area contributed by atoms with Crippen LogP contribution >= 0.6 is 15.9 Å². The molecule has 1 amide bonds. The fourth-order valence-electron chi connectivity index (χ4n) is 3.60. The van der Waals surface area contributed by atoms with E-state index >= 15 is 0 Å². The molecule has 6 nitrogen and oxygen atoms in total. The first-order chi connectivity index (χ1) is 15.2.